The molecular formula is C19H25N7O2. The summed E-state index contributed by atoms with van der Waals surface area (Å²) in [5.74, 6) is 3.25. The highest BCUT2D eigenvalue weighted by atomic mass is 16.5. The van der Waals surface area contributed by atoms with Crippen LogP contribution in [0, 0.1) is 6.92 Å². The molecule has 2 saturated heterocycles. The Bertz CT molecular complexity index is 939. The Labute approximate surface area is 163 Å². The Hall–Kier alpha value is -2.39. The zero-order chi connectivity index (χ0) is 18.9. The fourth-order valence-electron chi connectivity index (χ4n) is 4.14. The number of hydrogen-bond acceptors (Lipinski definition) is 8. The summed E-state index contributed by atoms with van der Waals surface area (Å²) >= 11 is 0. The maximum absolute atomic E-state index is 5.51. The number of nitrogens with zero attached hydrogens (tertiary/aromatic N) is 7. The molecule has 0 bridgehead atoms. The van der Waals surface area contributed by atoms with Crippen LogP contribution in [-0.2, 0) is 11.3 Å². The Kier molecular flexibility index (Phi) is 4.77. The molecule has 5 rings (SSSR count). The zero-order valence-electron chi connectivity index (χ0n) is 16.1. The largest absolute Gasteiger partial charge is 0.381 e. The Morgan fingerprint density at radius 2 is 1.86 bits per heavy atom. The molecule has 0 radical (unpaired) electrons. The van der Waals surface area contributed by atoms with Gasteiger partial charge in [0.2, 0.25) is 5.89 Å². The monoisotopic (exact) mass is 383 g/mol. The first kappa shape index (κ1) is 17.7. The molecule has 3 aromatic rings. The molecule has 2 aliphatic rings. The van der Waals surface area contributed by atoms with E-state index in [1.165, 1.54) is 0 Å². The molecule has 0 saturated carbocycles. The van der Waals surface area contributed by atoms with Crippen LogP contribution in [0.15, 0.2) is 16.7 Å². The van der Waals surface area contributed by atoms with Crippen molar-refractivity contribution < 1.29 is 9.26 Å². The lowest BCUT2D eigenvalue weighted by Gasteiger charge is -2.29. The van der Waals surface area contributed by atoms with Crippen molar-refractivity contribution in [3.63, 3.8) is 0 Å². The Morgan fingerprint density at radius 3 is 2.68 bits per heavy atom. The summed E-state index contributed by atoms with van der Waals surface area (Å²) in [6, 6.07) is 3.94. The van der Waals surface area contributed by atoms with Crippen molar-refractivity contribution in [3.8, 4) is 0 Å². The minimum atomic E-state index is 0.345. The van der Waals surface area contributed by atoms with Crippen LogP contribution in [0.25, 0.3) is 5.65 Å². The maximum atomic E-state index is 5.51. The van der Waals surface area contributed by atoms with Crippen molar-refractivity contribution in [2.24, 2.45) is 0 Å². The van der Waals surface area contributed by atoms with Gasteiger partial charge in [0.05, 0.1) is 12.2 Å². The first-order valence-corrected chi connectivity index (χ1v) is 10.1. The summed E-state index contributed by atoms with van der Waals surface area (Å²) in [4.78, 5) is 7.02. The van der Waals surface area contributed by atoms with Gasteiger partial charge in [0, 0.05) is 25.0 Å². The number of rotatable bonds is 4. The van der Waals surface area contributed by atoms with E-state index in [0.29, 0.717) is 11.8 Å². The van der Waals surface area contributed by atoms with Crippen molar-refractivity contribution in [2.45, 2.75) is 51.0 Å². The van der Waals surface area contributed by atoms with Gasteiger partial charge >= 0.3 is 0 Å². The van der Waals surface area contributed by atoms with Crippen LogP contribution in [0.5, 0.6) is 0 Å². The van der Waals surface area contributed by atoms with Gasteiger partial charge in [-0.05, 0) is 57.8 Å². The van der Waals surface area contributed by atoms with Crippen LogP contribution in [0.4, 0.5) is 0 Å². The number of hydrogen-bond donors (Lipinski definition) is 0. The van der Waals surface area contributed by atoms with Crippen LogP contribution >= 0.6 is 0 Å². The van der Waals surface area contributed by atoms with Gasteiger partial charge in [-0.15, -0.1) is 10.2 Å². The van der Waals surface area contributed by atoms with Crippen LogP contribution in [0.2, 0.25) is 0 Å². The standard InChI is InChI=1S/C19H25N7O2/c1-13-2-3-17-21-22-18(26(17)23-13)14-4-8-25(9-5-14)12-16-20-19(28-24-16)15-6-10-27-11-7-15/h2-3,14-15H,4-12H2,1H3. The number of aromatic nitrogens is 6. The molecular weight excluding hydrogens is 358 g/mol. The fraction of sp³-hybridized carbons (Fsp3) is 0.632. The summed E-state index contributed by atoms with van der Waals surface area (Å²) < 4.78 is 12.8. The van der Waals surface area contributed by atoms with E-state index >= 15 is 0 Å². The molecule has 0 amide bonds. The normalized spacial score (nSPS) is 20.2. The predicted molar refractivity (Wildman–Crippen MR) is 99.9 cm³/mol. The lowest BCUT2D eigenvalue weighted by Crippen LogP contribution is -2.33. The summed E-state index contributed by atoms with van der Waals surface area (Å²) in [5.41, 5.74) is 1.79. The number of fused-ring (bicyclic) bond motifs is 1. The molecule has 0 aliphatic carbocycles. The lowest BCUT2D eigenvalue weighted by atomic mass is 9.96. The average Bonchev–Trinajstić information content (AvgIpc) is 3.36. The van der Waals surface area contributed by atoms with E-state index in [2.05, 4.69) is 30.3 Å². The first-order chi connectivity index (χ1) is 13.8. The van der Waals surface area contributed by atoms with Gasteiger partial charge in [0.1, 0.15) is 0 Å². The Balaban J connectivity index is 1.20. The van der Waals surface area contributed by atoms with E-state index in [1.807, 2.05) is 23.6 Å². The number of ether oxygens (including phenoxy) is 1. The predicted octanol–water partition coefficient (Wildman–Crippen LogP) is 2.09. The SMILES string of the molecule is Cc1ccc2nnc(C3CCN(Cc4noc(C5CCOCC5)n4)CC3)n2n1. The molecule has 0 aromatic carbocycles. The molecule has 0 N–H and O–H groups in total. The second kappa shape index (κ2) is 7.56. The molecule has 0 unspecified atom stereocenters. The number of aryl methyl sites for hydroxylation is 1. The third kappa shape index (κ3) is 3.51. The highest BCUT2D eigenvalue weighted by Crippen LogP contribution is 2.28. The van der Waals surface area contributed by atoms with Gasteiger partial charge in [0.15, 0.2) is 17.3 Å². The molecule has 0 spiro atoms. The zero-order valence-corrected chi connectivity index (χ0v) is 16.1. The van der Waals surface area contributed by atoms with Gasteiger partial charge in [0.25, 0.3) is 0 Å². The second-order valence-corrected chi connectivity index (χ2v) is 7.79. The van der Waals surface area contributed by atoms with Gasteiger partial charge in [-0.2, -0.15) is 14.6 Å². The van der Waals surface area contributed by atoms with E-state index in [1.54, 1.807) is 0 Å². The third-order valence-corrected chi connectivity index (χ3v) is 5.79. The number of piperidine rings is 1. The third-order valence-electron chi connectivity index (χ3n) is 5.79. The van der Waals surface area contributed by atoms with Crippen LogP contribution in [0.3, 0.4) is 0 Å². The smallest absolute Gasteiger partial charge is 0.229 e. The molecule has 2 fully saturated rings. The molecule has 3 aromatic heterocycles. The minimum absolute atomic E-state index is 0.345. The maximum Gasteiger partial charge on any atom is 0.229 e. The van der Waals surface area contributed by atoms with Gasteiger partial charge in [-0.3, -0.25) is 4.90 Å². The van der Waals surface area contributed by atoms with Crippen molar-refractivity contribution >= 4 is 5.65 Å². The van der Waals surface area contributed by atoms with E-state index in [9.17, 15) is 0 Å². The lowest BCUT2D eigenvalue weighted by molar-refractivity contribution is 0.0778. The quantitative estimate of drug-likeness (QED) is 0.676. The van der Waals surface area contributed by atoms with E-state index in [0.717, 1.165) is 87.4 Å². The summed E-state index contributed by atoms with van der Waals surface area (Å²) in [6.45, 7) is 6.24. The van der Waals surface area contributed by atoms with Crippen LogP contribution < -0.4 is 0 Å². The van der Waals surface area contributed by atoms with E-state index < -0.39 is 0 Å². The van der Waals surface area contributed by atoms with Gasteiger partial charge in [-0.1, -0.05) is 5.16 Å². The molecule has 9 nitrogen and oxygen atoms in total. The molecule has 2 aliphatic heterocycles. The Morgan fingerprint density at radius 1 is 1.04 bits per heavy atom. The topological polar surface area (TPSA) is 94.5 Å². The number of likely N-dealkylation sites (tertiary alicyclic amines) is 1. The van der Waals surface area contributed by atoms with Crippen molar-refractivity contribution in [3.05, 3.63) is 35.4 Å². The molecule has 148 valence electrons. The van der Waals surface area contributed by atoms with Crippen molar-refractivity contribution in [1.82, 2.24) is 34.9 Å². The highest BCUT2D eigenvalue weighted by molar-refractivity contribution is 5.36. The average molecular weight is 383 g/mol. The van der Waals surface area contributed by atoms with Crippen LogP contribution in [0.1, 0.15) is 60.8 Å². The van der Waals surface area contributed by atoms with E-state index in [-0.39, 0.29) is 0 Å². The second-order valence-electron chi connectivity index (χ2n) is 7.79. The van der Waals surface area contributed by atoms with Crippen LogP contribution in [-0.4, -0.2) is 61.2 Å². The molecule has 9 heteroatoms. The molecule has 28 heavy (non-hydrogen) atoms. The molecule has 5 heterocycles. The molecule has 0 atom stereocenters. The minimum Gasteiger partial charge on any atom is -0.381 e. The first-order valence-electron chi connectivity index (χ1n) is 10.1. The van der Waals surface area contributed by atoms with Crippen molar-refractivity contribution in [2.75, 3.05) is 26.3 Å². The van der Waals surface area contributed by atoms with Gasteiger partial charge in [-0.25, -0.2) is 0 Å². The van der Waals surface area contributed by atoms with E-state index in [4.69, 9.17) is 9.26 Å². The fourth-order valence-corrected chi connectivity index (χ4v) is 4.14. The summed E-state index contributed by atoms with van der Waals surface area (Å²) in [7, 11) is 0. The van der Waals surface area contributed by atoms with Gasteiger partial charge < -0.3 is 9.26 Å². The highest BCUT2D eigenvalue weighted by Gasteiger charge is 2.27. The summed E-state index contributed by atoms with van der Waals surface area (Å²) in [6.07, 6.45) is 3.99. The summed E-state index contributed by atoms with van der Waals surface area (Å²) in [5, 5.41) is 17.5. The van der Waals surface area contributed by atoms with Crippen molar-refractivity contribution in [1.29, 1.82) is 0 Å².